The minimum Gasteiger partial charge on any atom is -0.454 e. The van der Waals surface area contributed by atoms with Crippen LogP contribution in [0.15, 0.2) is 11.1 Å². The number of esters is 1. The van der Waals surface area contributed by atoms with E-state index in [1.807, 2.05) is 41.5 Å². The molecule has 8 heteroatoms. The van der Waals surface area contributed by atoms with Crippen LogP contribution in [0.2, 0.25) is 0 Å². The molecule has 3 rings (SSSR count). The van der Waals surface area contributed by atoms with E-state index in [9.17, 15) is 25.2 Å². The third kappa shape index (κ3) is 4.35. The normalized spacial score (nSPS) is 48.1. The zero-order chi connectivity index (χ0) is 25.8. The number of carbonyl (C=O) groups excluding carboxylic acids is 1. The highest BCUT2D eigenvalue weighted by molar-refractivity contribution is 5.67. The maximum atomic E-state index is 12.2. The fraction of sp³-hybridized carbons (Fsp3) is 0.885. The van der Waals surface area contributed by atoms with Gasteiger partial charge in [0, 0.05) is 31.8 Å². The topological polar surface area (TPSA) is 126 Å². The van der Waals surface area contributed by atoms with Crippen molar-refractivity contribution < 1.29 is 39.4 Å². The summed E-state index contributed by atoms with van der Waals surface area (Å²) < 4.78 is 17.7. The predicted molar refractivity (Wildman–Crippen MR) is 126 cm³/mol. The Hall–Kier alpha value is -1.03. The maximum Gasteiger partial charge on any atom is 0.303 e. The molecule has 4 N–H and O–H groups in total. The molecule has 0 aromatic carbocycles. The molecule has 9 unspecified atom stereocenters. The van der Waals surface area contributed by atoms with Crippen LogP contribution >= 0.6 is 0 Å². The molecule has 8 nitrogen and oxygen atoms in total. The Kier molecular flexibility index (Phi) is 7.66. The van der Waals surface area contributed by atoms with E-state index in [2.05, 4.69) is 0 Å². The standard InChI is InChI=1S/C26H44O8/c1-13-9-16(28)10-17(29)14(2)22-25(7,23(32-8)21(31)20(13)24(4,5)6)18(30)11-19-26(22,12-33-19)34-15(3)27/h14,16-19,21-23,28-31H,9-12H2,1-8H3/b20-13-/t14?,16-,17?,18?,19?,21?,22?,23?,25?,26?/m1/s1. The van der Waals surface area contributed by atoms with Gasteiger partial charge in [0.2, 0.25) is 0 Å². The average molecular weight is 485 g/mol. The molecule has 0 bridgehead atoms. The molecule has 1 aliphatic heterocycles. The molecule has 1 saturated heterocycles. The van der Waals surface area contributed by atoms with Crippen molar-refractivity contribution in [2.45, 2.75) is 110 Å². The first-order valence-corrected chi connectivity index (χ1v) is 12.4. The van der Waals surface area contributed by atoms with Crippen LogP contribution in [0.3, 0.4) is 0 Å². The Bertz CT molecular complexity index is 803. The summed E-state index contributed by atoms with van der Waals surface area (Å²) in [6.07, 6.45) is -4.55. The molecule has 2 fully saturated rings. The Labute approximate surface area is 203 Å². The van der Waals surface area contributed by atoms with E-state index in [1.165, 1.54) is 14.0 Å². The first-order chi connectivity index (χ1) is 15.6. The van der Waals surface area contributed by atoms with Crippen LogP contribution in [0.5, 0.6) is 0 Å². The van der Waals surface area contributed by atoms with Crippen LogP contribution < -0.4 is 0 Å². The van der Waals surface area contributed by atoms with Gasteiger partial charge < -0.3 is 34.6 Å². The Balaban J connectivity index is 2.28. The molecule has 1 heterocycles. The average Bonchev–Trinajstić information content (AvgIpc) is 2.68. The molecule has 0 amide bonds. The van der Waals surface area contributed by atoms with Crippen LogP contribution in [-0.4, -0.2) is 82.3 Å². The van der Waals surface area contributed by atoms with Crippen LogP contribution in [0.1, 0.15) is 67.7 Å². The zero-order valence-corrected chi connectivity index (χ0v) is 21.9. The molecule has 196 valence electrons. The number of fused-ring (bicyclic) bond motifs is 3. The summed E-state index contributed by atoms with van der Waals surface area (Å²) in [6, 6.07) is 0. The largest absolute Gasteiger partial charge is 0.454 e. The zero-order valence-electron chi connectivity index (χ0n) is 21.9. The van der Waals surface area contributed by atoms with Crippen LogP contribution in [-0.2, 0) is 19.0 Å². The molecule has 0 aromatic rings. The Morgan fingerprint density at radius 1 is 1.15 bits per heavy atom. The number of aliphatic hydroxyl groups is 4. The number of methoxy groups -OCH3 is 1. The number of hydrogen-bond donors (Lipinski definition) is 4. The van der Waals surface area contributed by atoms with Gasteiger partial charge in [-0.05, 0) is 36.7 Å². The summed E-state index contributed by atoms with van der Waals surface area (Å²) in [5, 5.41) is 45.6. The number of ether oxygens (including phenoxy) is 3. The lowest BCUT2D eigenvalue weighted by atomic mass is 9.49. The van der Waals surface area contributed by atoms with Crippen LogP contribution in [0.4, 0.5) is 0 Å². The van der Waals surface area contributed by atoms with Crippen molar-refractivity contribution in [3.8, 4) is 0 Å². The van der Waals surface area contributed by atoms with Crippen LogP contribution in [0, 0.1) is 22.7 Å². The Morgan fingerprint density at radius 3 is 2.24 bits per heavy atom. The highest BCUT2D eigenvalue weighted by Crippen LogP contribution is 2.60. The molecular weight excluding hydrogens is 440 g/mol. The minimum atomic E-state index is -1.10. The SMILES string of the molecule is COC1C(O)/C(C(C)(C)C)=C(\C)C[C@@H](O)CC(O)C(C)C2C3(OC(C)=O)COC3CC(O)C12C. The van der Waals surface area contributed by atoms with Gasteiger partial charge >= 0.3 is 5.97 Å². The fourth-order valence-corrected chi connectivity index (χ4v) is 7.39. The van der Waals surface area contributed by atoms with Gasteiger partial charge in [-0.1, -0.05) is 40.2 Å². The lowest BCUT2D eigenvalue weighted by molar-refractivity contribution is -0.347. The van der Waals surface area contributed by atoms with Gasteiger partial charge in [0.25, 0.3) is 0 Å². The van der Waals surface area contributed by atoms with E-state index >= 15 is 0 Å². The fourth-order valence-electron chi connectivity index (χ4n) is 7.39. The van der Waals surface area contributed by atoms with E-state index < -0.39 is 70.9 Å². The summed E-state index contributed by atoms with van der Waals surface area (Å²) in [5.41, 5.74) is -1.05. The molecule has 3 aliphatic rings. The molecule has 10 atom stereocenters. The molecule has 2 aliphatic carbocycles. The van der Waals surface area contributed by atoms with Crippen molar-refractivity contribution in [2.75, 3.05) is 13.7 Å². The minimum absolute atomic E-state index is 0.119. The number of aliphatic hydroxyl groups excluding tert-OH is 4. The number of rotatable bonds is 2. The smallest absolute Gasteiger partial charge is 0.303 e. The molecule has 1 saturated carbocycles. The summed E-state index contributed by atoms with van der Waals surface area (Å²) in [5.74, 6) is -1.57. The van der Waals surface area contributed by atoms with Gasteiger partial charge in [-0.25, -0.2) is 0 Å². The highest BCUT2D eigenvalue weighted by atomic mass is 16.6. The second-order valence-corrected chi connectivity index (χ2v) is 12.0. The van der Waals surface area contributed by atoms with Crippen molar-refractivity contribution in [1.82, 2.24) is 0 Å². The van der Waals surface area contributed by atoms with Gasteiger partial charge in [-0.15, -0.1) is 0 Å². The van der Waals surface area contributed by atoms with Gasteiger partial charge in [0.1, 0.15) is 12.2 Å². The van der Waals surface area contributed by atoms with Crippen LogP contribution in [0.25, 0.3) is 0 Å². The molecule has 0 aromatic heterocycles. The summed E-state index contributed by atoms with van der Waals surface area (Å²) in [7, 11) is 1.51. The Morgan fingerprint density at radius 2 is 1.76 bits per heavy atom. The number of carbonyl (C=O) groups is 1. The quantitative estimate of drug-likeness (QED) is 0.346. The van der Waals surface area contributed by atoms with E-state index in [0.717, 1.165) is 11.1 Å². The predicted octanol–water partition coefficient (Wildman–Crippen LogP) is 1.96. The van der Waals surface area contributed by atoms with Crippen molar-refractivity contribution >= 4 is 5.97 Å². The van der Waals surface area contributed by atoms with E-state index in [-0.39, 0.29) is 19.4 Å². The van der Waals surface area contributed by atoms with E-state index in [0.29, 0.717) is 6.42 Å². The molecular formula is C26H44O8. The third-order valence-electron chi connectivity index (χ3n) is 8.65. The summed E-state index contributed by atoms with van der Waals surface area (Å²) >= 11 is 0. The monoisotopic (exact) mass is 484 g/mol. The van der Waals surface area contributed by atoms with Gasteiger partial charge in [-0.3, -0.25) is 4.79 Å². The summed E-state index contributed by atoms with van der Waals surface area (Å²) in [6.45, 7) is 13.1. The third-order valence-corrected chi connectivity index (χ3v) is 8.65. The maximum absolute atomic E-state index is 12.2. The van der Waals surface area contributed by atoms with Gasteiger partial charge in [0.05, 0.1) is 31.0 Å². The molecule has 0 spiro atoms. The molecule has 0 radical (unpaired) electrons. The van der Waals surface area contributed by atoms with Crippen molar-refractivity contribution in [3.05, 3.63) is 11.1 Å². The van der Waals surface area contributed by atoms with Gasteiger partial charge in [0.15, 0.2) is 5.60 Å². The first-order valence-electron chi connectivity index (χ1n) is 12.4. The second-order valence-electron chi connectivity index (χ2n) is 12.0. The van der Waals surface area contributed by atoms with E-state index in [1.54, 1.807) is 0 Å². The molecule has 34 heavy (non-hydrogen) atoms. The second kappa shape index (κ2) is 9.45. The van der Waals surface area contributed by atoms with Crippen molar-refractivity contribution in [2.24, 2.45) is 22.7 Å². The highest BCUT2D eigenvalue weighted by Gasteiger charge is 2.71. The van der Waals surface area contributed by atoms with E-state index in [4.69, 9.17) is 14.2 Å². The summed E-state index contributed by atoms with van der Waals surface area (Å²) in [4.78, 5) is 12.2. The number of hydrogen-bond acceptors (Lipinski definition) is 8. The van der Waals surface area contributed by atoms with Gasteiger partial charge in [-0.2, -0.15) is 0 Å². The lowest BCUT2D eigenvalue weighted by Crippen LogP contribution is -2.77. The van der Waals surface area contributed by atoms with Crippen molar-refractivity contribution in [3.63, 3.8) is 0 Å². The van der Waals surface area contributed by atoms with Crippen molar-refractivity contribution in [1.29, 1.82) is 0 Å². The first kappa shape index (κ1) is 27.6. The lowest BCUT2D eigenvalue weighted by Gasteiger charge is -2.65.